The number of halogens is 2. The maximum absolute atomic E-state index is 12.5. The second-order valence-corrected chi connectivity index (χ2v) is 5.39. The maximum atomic E-state index is 12.5. The van der Waals surface area contributed by atoms with E-state index in [0.29, 0.717) is 18.8 Å². The smallest absolute Gasteiger partial charge is 0.387 e. The first kappa shape index (κ1) is 18.5. The van der Waals surface area contributed by atoms with E-state index in [9.17, 15) is 18.9 Å². The molecule has 8 nitrogen and oxygen atoms in total. The van der Waals surface area contributed by atoms with Gasteiger partial charge in [0, 0.05) is 6.54 Å². The molecule has 2 rings (SSSR count). The topological polar surface area (TPSA) is 94.2 Å². The van der Waals surface area contributed by atoms with Crippen molar-refractivity contribution in [2.75, 3.05) is 11.9 Å². The molecule has 0 atom stereocenters. The van der Waals surface area contributed by atoms with Crippen LogP contribution in [0.15, 0.2) is 30.6 Å². The number of rotatable bonds is 7. The van der Waals surface area contributed by atoms with Gasteiger partial charge >= 0.3 is 12.3 Å². The summed E-state index contributed by atoms with van der Waals surface area (Å²) in [6.07, 6.45) is 2.45. The number of ether oxygens (including phenoxy) is 1. The number of aromatic nitrogens is 2. The van der Waals surface area contributed by atoms with Crippen LogP contribution in [-0.4, -0.2) is 33.0 Å². The third-order valence-corrected chi connectivity index (χ3v) is 3.30. The molecule has 0 saturated heterocycles. The molecular weight excluding hydrogens is 356 g/mol. The summed E-state index contributed by atoms with van der Waals surface area (Å²) in [4.78, 5) is 10.0. The zero-order valence-electron chi connectivity index (χ0n) is 13.1. The van der Waals surface area contributed by atoms with E-state index in [-0.39, 0.29) is 16.5 Å². The second kappa shape index (κ2) is 8.33. The van der Waals surface area contributed by atoms with Crippen molar-refractivity contribution in [2.45, 2.75) is 20.1 Å². The highest BCUT2D eigenvalue weighted by Gasteiger charge is 2.11. The molecule has 0 aliphatic rings. The predicted molar refractivity (Wildman–Crippen MR) is 90.9 cm³/mol. The van der Waals surface area contributed by atoms with Crippen LogP contribution in [-0.2, 0) is 6.54 Å². The van der Waals surface area contributed by atoms with E-state index < -0.39 is 11.5 Å². The van der Waals surface area contributed by atoms with Crippen LogP contribution in [0.3, 0.4) is 0 Å². The SMILES string of the molecule is Cc1ccc(NC(=S)NCCn2cc([N+](=O)[O-])cn2)c(OC(F)F)c1. The number of nitrogens with zero attached hydrogens (tertiary/aromatic N) is 3. The fourth-order valence-corrected chi connectivity index (χ4v) is 2.16. The molecule has 0 aliphatic carbocycles. The molecule has 25 heavy (non-hydrogen) atoms. The Kier molecular flexibility index (Phi) is 6.17. The molecule has 0 unspecified atom stereocenters. The van der Waals surface area contributed by atoms with Crippen LogP contribution < -0.4 is 15.4 Å². The normalized spacial score (nSPS) is 10.6. The number of anilines is 1. The number of alkyl halides is 2. The summed E-state index contributed by atoms with van der Waals surface area (Å²) in [5.74, 6) is -0.0122. The minimum atomic E-state index is -2.94. The summed E-state index contributed by atoms with van der Waals surface area (Å²) in [6.45, 7) is -0.521. The van der Waals surface area contributed by atoms with Gasteiger partial charge in [0.1, 0.15) is 18.1 Å². The first-order valence-corrected chi connectivity index (χ1v) is 7.53. The Labute approximate surface area is 146 Å². The van der Waals surface area contributed by atoms with Crippen molar-refractivity contribution >= 4 is 28.7 Å². The lowest BCUT2D eigenvalue weighted by molar-refractivity contribution is -0.385. The molecule has 0 saturated carbocycles. The van der Waals surface area contributed by atoms with Crippen LogP contribution in [0.25, 0.3) is 0 Å². The number of nitrogens with one attached hydrogen (secondary N) is 2. The van der Waals surface area contributed by atoms with Crippen molar-refractivity contribution in [1.82, 2.24) is 15.1 Å². The molecule has 11 heteroatoms. The van der Waals surface area contributed by atoms with E-state index >= 15 is 0 Å². The number of hydrogen-bond donors (Lipinski definition) is 2. The summed E-state index contributed by atoms with van der Waals surface area (Å²) in [6, 6.07) is 4.78. The highest BCUT2D eigenvalue weighted by molar-refractivity contribution is 7.80. The van der Waals surface area contributed by atoms with E-state index in [4.69, 9.17) is 12.2 Å². The molecule has 1 aromatic carbocycles. The molecule has 2 N–H and O–H groups in total. The first-order chi connectivity index (χ1) is 11.8. The first-order valence-electron chi connectivity index (χ1n) is 7.12. The lowest BCUT2D eigenvalue weighted by Crippen LogP contribution is -2.31. The Bertz CT molecular complexity index is 769. The van der Waals surface area contributed by atoms with Crippen LogP contribution in [0.2, 0.25) is 0 Å². The lowest BCUT2D eigenvalue weighted by Gasteiger charge is -2.15. The van der Waals surface area contributed by atoms with Gasteiger partial charge in [0.2, 0.25) is 0 Å². The van der Waals surface area contributed by atoms with Crippen molar-refractivity contribution in [3.05, 3.63) is 46.3 Å². The van der Waals surface area contributed by atoms with Crippen molar-refractivity contribution in [3.8, 4) is 5.75 Å². The summed E-state index contributed by atoms with van der Waals surface area (Å²) in [5.41, 5.74) is 0.965. The Hall–Kier alpha value is -2.82. The van der Waals surface area contributed by atoms with Crippen LogP contribution in [0, 0.1) is 17.0 Å². The van der Waals surface area contributed by atoms with Gasteiger partial charge in [0.15, 0.2) is 5.11 Å². The number of aryl methyl sites for hydroxylation is 1. The van der Waals surface area contributed by atoms with Gasteiger partial charge in [-0.25, -0.2) is 0 Å². The zero-order valence-corrected chi connectivity index (χ0v) is 13.9. The van der Waals surface area contributed by atoms with Gasteiger partial charge in [0.05, 0.1) is 17.2 Å². The van der Waals surface area contributed by atoms with Gasteiger partial charge in [-0.2, -0.15) is 13.9 Å². The van der Waals surface area contributed by atoms with Gasteiger partial charge in [-0.1, -0.05) is 6.07 Å². The van der Waals surface area contributed by atoms with Gasteiger partial charge in [-0.3, -0.25) is 14.8 Å². The van der Waals surface area contributed by atoms with E-state index in [1.54, 1.807) is 19.1 Å². The van der Waals surface area contributed by atoms with Crippen molar-refractivity contribution in [3.63, 3.8) is 0 Å². The molecule has 2 aromatic rings. The molecule has 0 bridgehead atoms. The minimum Gasteiger partial charge on any atom is -0.433 e. The van der Waals surface area contributed by atoms with E-state index in [2.05, 4.69) is 20.5 Å². The molecule has 0 amide bonds. The number of nitro groups is 1. The monoisotopic (exact) mass is 371 g/mol. The Morgan fingerprint density at radius 1 is 1.52 bits per heavy atom. The van der Waals surface area contributed by atoms with Gasteiger partial charge in [-0.05, 0) is 36.8 Å². The predicted octanol–water partition coefficient (Wildman–Crippen LogP) is 2.69. The van der Waals surface area contributed by atoms with Gasteiger partial charge in [-0.15, -0.1) is 0 Å². The number of benzene rings is 1. The molecule has 134 valence electrons. The molecule has 0 spiro atoms. The molecular formula is C14H15F2N5O3S. The summed E-state index contributed by atoms with van der Waals surface area (Å²) >= 11 is 5.10. The standard InChI is InChI=1S/C14H15F2N5O3S/c1-9-2-3-11(12(6-9)24-13(15)16)19-14(25)17-4-5-20-8-10(7-18-20)21(22)23/h2-3,6-8,13H,4-5H2,1H3,(H2,17,19,25). The van der Waals surface area contributed by atoms with Crippen LogP contribution in [0.1, 0.15) is 5.56 Å². The quantitative estimate of drug-likeness (QED) is 0.439. The highest BCUT2D eigenvalue weighted by atomic mass is 32.1. The Morgan fingerprint density at radius 2 is 2.28 bits per heavy atom. The van der Waals surface area contributed by atoms with Crippen LogP contribution >= 0.6 is 12.2 Å². The Morgan fingerprint density at radius 3 is 2.92 bits per heavy atom. The van der Waals surface area contributed by atoms with Crippen LogP contribution in [0.4, 0.5) is 20.2 Å². The third kappa shape index (κ3) is 5.64. The third-order valence-electron chi connectivity index (χ3n) is 3.06. The highest BCUT2D eigenvalue weighted by Crippen LogP contribution is 2.27. The molecule has 0 radical (unpaired) electrons. The summed E-state index contributed by atoms with van der Waals surface area (Å²) in [7, 11) is 0. The fourth-order valence-electron chi connectivity index (χ4n) is 1.95. The molecule has 1 aromatic heterocycles. The average molecular weight is 371 g/mol. The Balaban J connectivity index is 1.88. The van der Waals surface area contributed by atoms with Crippen molar-refractivity contribution < 1.29 is 18.4 Å². The van der Waals surface area contributed by atoms with Crippen molar-refractivity contribution in [1.29, 1.82) is 0 Å². The summed E-state index contributed by atoms with van der Waals surface area (Å²) in [5, 5.41) is 20.3. The van der Waals surface area contributed by atoms with E-state index in [1.807, 2.05) is 0 Å². The minimum absolute atomic E-state index is 0.0122. The molecule has 0 aliphatic heterocycles. The largest absolute Gasteiger partial charge is 0.433 e. The lowest BCUT2D eigenvalue weighted by atomic mass is 10.2. The van der Waals surface area contributed by atoms with E-state index in [0.717, 1.165) is 11.8 Å². The number of hydrogen-bond acceptors (Lipinski definition) is 5. The van der Waals surface area contributed by atoms with Gasteiger partial charge in [0.25, 0.3) is 0 Å². The fraction of sp³-hybridized carbons (Fsp3) is 0.286. The zero-order chi connectivity index (χ0) is 18.4. The van der Waals surface area contributed by atoms with Crippen molar-refractivity contribution in [2.24, 2.45) is 0 Å². The van der Waals surface area contributed by atoms with E-state index in [1.165, 1.54) is 16.9 Å². The second-order valence-electron chi connectivity index (χ2n) is 4.98. The van der Waals surface area contributed by atoms with Gasteiger partial charge < -0.3 is 15.4 Å². The van der Waals surface area contributed by atoms with Crippen LogP contribution in [0.5, 0.6) is 5.75 Å². The summed E-state index contributed by atoms with van der Waals surface area (Å²) < 4.78 is 30.8. The average Bonchev–Trinajstić information content (AvgIpc) is 2.98. The molecule has 1 heterocycles. The number of thiocarbonyl (C=S) groups is 1. The maximum Gasteiger partial charge on any atom is 0.387 e. The molecule has 0 fully saturated rings.